The summed E-state index contributed by atoms with van der Waals surface area (Å²) in [6, 6.07) is 5.77. The molecule has 0 aliphatic carbocycles. The number of hydrogen-bond acceptors (Lipinski definition) is 5. The molecule has 0 aliphatic heterocycles. The summed E-state index contributed by atoms with van der Waals surface area (Å²) in [5.41, 5.74) is 2.85. The number of imidazole rings is 1. The van der Waals surface area contributed by atoms with Crippen molar-refractivity contribution in [1.82, 2.24) is 14.3 Å². The topological polar surface area (TPSA) is 56.1 Å². The van der Waals surface area contributed by atoms with Gasteiger partial charge in [-0.1, -0.05) is 6.07 Å². The first-order chi connectivity index (χ1) is 14.0. The van der Waals surface area contributed by atoms with Gasteiger partial charge in [0.15, 0.2) is 16.5 Å². The van der Waals surface area contributed by atoms with Gasteiger partial charge in [0, 0.05) is 30.2 Å². The monoisotopic (exact) mass is 413 g/mol. The molecule has 0 spiro atoms. The molecule has 0 bridgehead atoms. The second-order valence-electron chi connectivity index (χ2n) is 6.68. The summed E-state index contributed by atoms with van der Waals surface area (Å²) in [7, 11) is 1.62. The summed E-state index contributed by atoms with van der Waals surface area (Å²) in [4.78, 5) is 21.3. The van der Waals surface area contributed by atoms with Crippen molar-refractivity contribution in [1.29, 1.82) is 0 Å². The highest BCUT2D eigenvalue weighted by molar-refractivity contribution is 7.17. The zero-order valence-corrected chi connectivity index (χ0v) is 18.4. The fraction of sp³-hybridized carbons (Fsp3) is 0.364. The largest absolute Gasteiger partial charge is 0.493 e. The Kier molecular flexibility index (Phi) is 6.59. The lowest BCUT2D eigenvalue weighted by Crippen LogP contribution is -2.28. The number of carbonyl (C=O) groups is 1. The smallest absolute Gasteiger partial charge is 0.246 e. The molecule has 2 heterocycles. The third-order valence-electron chi connectivity index (χ3n) is 4.64. The summed E-state index contributed by atoms with van der Waals surface area (Å²) in [6.45, 7) is 9.61. The molecule has 3 aromatic rings. The number of rotatable bonds is 8. The molecule has 0 fully saturated rings. The van der Waals surface area contributed by atoms with Crippen molar-refractivity contribution in [3.63, 3.8) is 0 Å². The molecular weight excluding hydrogens is 386 g/mol. The molecule has 0 atom stereocenters. The van der Waals surface area contributed by atoms with Crippen molar-refractivity contribution in [2.75, 3.05) is 20.3 Å². The maximum atomic E-state index is 12.8. The van der Waals surface area contributed by atoms with Crippen LogP contribution in [-0.4, -0.2) is 40.5 Å². The number of amides is 1. The molecular formula is C22H27N3O3S. The van der Waals surface area contributed by atoms with Gasteiger partial charge in [-0.3, -0.25) is 9.20 Å². The highest BCUT2D eigenvalue weighted by Crippen LogP contribution is 2.28. The van der Waals surface area contributed by atoms with E-state index in [2.05, 4.69) is 11.9 Å². The molecule has 154 valence electrons. The SMILES string of the molecule is CCOc1ccc(CN(CC)C(=O)/C=C/c2c(C)nc3sc(C)cn23)cc1OC. The van der Waals surface area contributed by atoms with Crippen LogP contribution in [0, 0.1) is 13.8 Å². The summed E-state index contributed by atoms with van der Waals surface area (Å²) < 4.78 is 13.0. The molecule has 0 aliphatic rings. The fourth-order valence-corrected chi connectivity index (χ4v) is 4.07. The van der Waals surface area contributed by atoms with Gasteiger partial charge in [0.05, 0.1) is 25.1 Å². The van der Waals surface area contributed by atoms with Crippen molar-refractivity contribution >= 4 is 28.3 Å². The number of carbonyl (C=O) groups excluding carboxylic acids is 1. The van der Waals surface area contributed by atoms with E-state index in [1.54, 1.807) is 29.4 Å². The Morgan fingerprint density at radius 3 is 2.76 bits per heavy atom. The van der Waals surface area contributed by atoms with Crippen LogP contribution >= 0.6 is 11.3 Å². The van der Waals surface area contributed by atoms with Crippen LogP contribution < -0.4 is 9.47 Å². The molecule has 0 radical (unpaired) electrons. The first kappa shape index (κ1) is 20.9. The van der Waals surface area contributed by atoms with Crippen LogP contribution in [0.15, 0.2) is 30.5 Å². The van der Waals surface area contributed by atoms with Gasteiger partial charge in [-0.05, 0) is 51.5 Å². The average molecular weight is 414 g/mol. The van der Waals surface area contributed by atoms with Crippen LogP contribution in [0.5, 0.6) is 11.5 Å². The molecule has 7 heteroatoms. The second kappa shape index (κ2) is 9.13. The maximum Gasteiger partial charge on any atom is 0.246 e. The number of methoxy groups -OCH3 is 1. The number of thiazole rings is 1. The molecule has 29 heavy (non-hydrogen) atoms. The molecule has 2 aromatic heterocycles. The Morgan fingerprint density at radius 2 is 2.07 bits per heavy atom. The van der Waals surface area contributed by atoms with Crippen LogP contribution in [0.2, 0.25) is 0 Å². The van der Waals surface area contributed by atoms with E-state index in [9.17, 15) is 4.79 Å². The summed E-state index contributed by atoms with van der Waals surface area (Å²) >= 11 is 1.64. The predicted molar refractivity (Wildman–Crippen MR) is 117 cm³/mol. The number of hydrogen-bond donors (Lipinski definition) is 0. The number of ether oxygens (including phenoxy) is 2. The third kappa shape index (κ3) is 4.62. The van der Waals surface area contributed by atoms with Gasteiger partial charge in [-0.25, -0.2) is 4.98 Å². The number of aromatic nitrogens is 2. The molecule has 6 nitrogen and oxygen atoms in total. The highest BCUT2D eigenvalue weighted by Gasteiger charge is 2.13. The Balaban J connectivity index is 1.76. The van der Waals surface area contributed by atoms with Crippen LogP contribution in [0.1, 0.15) is 35.7 Å². The molecule has 0 saturated heterocycles. The van der Waals surface area contributed by atoms with Crippen LogP contribution in [-0.2, 0) is 11.3 Å². The van der Waals surface area contributed by atoms with E-state index in [-0.39, 0.29) is 5.91 Å². The van der Waals surface area contributed by atoms with Gasteiger partial charge in [-0.15, -0.1) is 11.3 Å². The number of nitrogens with zero attached hydrogens (tertiary/aromatic N) is 3. The van der Waals surface area contributed by atoms with Gasteiger partial charge >= 0.3 is 0 Å². The number of fused-ring (bicyclic) bond motifs is 1. The Hall–Kier alpha value is -2.80. The van der Waals surface area contributed by atoms with Gasteiger partial charge in [-0.2, -0.15) is 0 Å². The minimum absolute atomic E-state index is 0.0401. The fourth-order valence-electron chi connectivity index (χ4n) is 3.19. The lowest BCUT2D eigenvalue weighted by molar-refractivity contribution is -0.126. The van der Waals surface area contributed by atoms with E-state index in [0.717, 1.165) is 21.9 Å². The van der Waals surface area contributed by atoms with Crippen molar-refractivity contribution in [3.8, 4) is 11.5 Å². The van der Waals surface area contributed by atoms with E-state index in [0.29, 0.717) is 31.2 Å². The van der Waals surface area contributed by atoms with Gasteiger partial charge < -0.3 is 14.4 Å². The first-order valence-electron chi connectivity index (χ1n) is 9.68. The maximum absolute atomic E-state index is 12.8. The molecule has 0 N–H and O–H groups in total. The summed E-state index contributed by atoms with van der Waals surface area (Å²) in [5, 5.41) is 0. The van der Waals surface area contributed by atoms with Gasteiger partial charge in [0.25, 0.3) is 0 Å². The number of benzene rings is 1. The van der Waals surface area contributed by atoms with Crippen LogP contribution in [0.3, 0.4) is 0 Å². The molecule has 1 amide bonds. The lowest BCUT2D eigenvalue weighted by atomic mass is 10.2. The minimum atomic E-state index is -0.0401. The highest BCUT2D eigenvalue weighted by atomic mass is 32.1. The Morgan fingerprint density at radius 1 is 1.28 bits per heavy atom. The third-order valence-corrected chi connectivity index (χ3v) is 5.54. The van der Waals surface area contributed by atoms with E-state index < -0.39 is 0 Å². The average Bonchev–Trinajstić information content (AvgIpc) is 3.19. The van der Waals surface area contributed by atoms with Crippen LogP contribution in [0.25, 0.3) is 11.0 Å². The van der Waals surface area contributed by atoms with E-state index in [1.165, 1.54) is 4.88 Å². The molecule has 0 saturated carbocycles. The van der Waals surface area contributed by atoms with Gasteiger partial charge in [0.2, 0.25) is 5.91 Å². The molecule has 3 rings (SSSR count). The van der Waals surface area contributed by atoms with E-state index in [1.807, 2.05) is 55.6 Å². The van der Waals surface area contributed by atoms with Crippen LogP contribution in [0.4, 0.5) is 0 Å². The zero-order valence-electron chi connectivity index (χ0n) is 17.6. The standard InChI is InChI=1S/C22H27N3O3S/c1-6-24(14-17-8-10-19(28-7-2)20(12-17)27-5)21(26)11-9-18-16(4)23-22-25(18)13-15(3)29-22/h8-13H,6-7,14H2,1-5H3/b11-9+. The Bertz CT molecular complexity index is 1040. The molecule has 0 unspecified atom stereocenters. The quantitative estimate of drug-likeness (QED) is 0.511. The van der Waals surface area contributed by atoms with E-state index in [4.69, 9.17) is 9.47 Å². The normalized spacial score (nSPS) is 11.3. The van der Waals surface area contributed by atoms with Crippen molar-refractivity contribution in [3.05, 3.63) is 52.3 Å². The number of aryl methyl sites for hydroxylation is 2. The van der Waals surface area contributed by atoms with E-state index >= 15 is 0 Å². The Labute approximate surface area is 175 Å². The lowest BCUT2D eigenvalue weighted by Gasteiger charge is -2.20. The second-order valence-corrected chi connectivity index (χ2v) is 7.89. The zero-order chi connectivity index (χ0) is 21.0. The van der Waals surface area contributed by atoms with Crippen molar-refractivity contribution < 1.29 is 14.3 Å². The molecule has 1 aromatic carbocycles. The minimum Gasteiger partial charge on any atom is -0.493 e. The van der Waals surface area contributed by atoms with Crippen molar-refractivity contribution in [2.45, 2.75) is 34.2 Å². The van der Waals surface area contributed by atoms with Gasteiger partial charge in [0.1, 0.15) is 0 Å². The first-order valence-corrected chi connectivity index (χ1v) is 10.5. The van der Waals surface area contributed by atoms with Crippen molar-refractivity contribution in [2.24, 2.45) is 0 Å². The summed E-state index contributed by atoms with van der Waals surface area (Å²) in [6.07, 6.45) is 5.53. The number of likely N-dealkylation sites (N-methyl/N-ethyl adjacent to an activating group) is 1. The predicted octanol–water partition coefficient (Wildman–Crippen LogP) is 4.48. The summed E-state index contributed by atoms with van der Waals surface area (Å²) in [5.74, 6) is 1.34.